The summed E-state index contributed by atoms with van der Waals surface area (Å²) in [5.74, 6) is 6.14. The van der Waals surface area contributed by atoms with E-state index in [0.717, 1.165) is 0 Å². The molecule has 106 valence electrons. The van der Waals surface area contributed by atoms with Crippen LogP contribution in [-0.2, 0) is 13.2 Å². The van der Waals surface area contributed by atoms with Gasteiger partial charge in [0.1, 0.15) is 11.5 Å². The molecule has 2 rings (SSSR count). The summed E-state index contributed by atoms with van der Waals surface area (Å²) in [6.45, 7) is -0.0812. The van der Waals surface area contributed by atoms with Gasteiger partial charge in [0.05, 0.1) is 18.0 Å². The van der Waals surface area contributed by atoms with Gasteiger partial charge in [0.2, 0.25) is 0 Å². The van der Waals surface area contributed by atoms with Gasteiger partial charge in [0.15, 0.2) is 0 Å². The highest BCUT2D eigenvalue weighted by atomic mass is 16.3. The van der Waals surface area contributed by atoms with Crippen LogP contribution >= 0.6 is 0 Å². The monoisotopic (exact) mass is 275 g/mol. The van der Waals surface area contributed by atoms with Gasteiger partial charge < -0.3 is 21.1 Å². The second-order valence-electron chi connectivity index (χ2n) is 4.36. The van der Waals surface area contributed by atoms with Crippen molar-refractivity contribution >= 4 is 11.4 Å². The molecule has 6 nitrogen and oxygen atoms in total. The molecule has 7 N–H and O–H groups in total. The fourth-order valence-electron chi connectivity index (χ4n) is 1.88. The van der Waals surface area contributed by atoms with E-state index in [1.54, 1.807) is 24.3 Å². The van der Waals surface area contributed by atoms with Gasteiger partial charge >= 0.3 is 0 Å². The number of rotatable bonds is 4. The van der Waals surface area contributed by atoms with Crippen molar-refractivity contribution in [1.29, 1.82) is 0 Å². The van der Waals surface area contributed by atoms with E-state index in [4.69, 9.17) is 16.7 Å². The van der Waals surface area contributed by atoms with Crippen LogP contribution in [0.2, 0.25) is 0 Å². The Morgan fingerprint density at radius 3 is 1.90 bits per heavy atom. The zero-order valence-electron chi connectivity index (χ0n) is 10.8. The molecule has 0 spiro atoms. The number of aliphatic hydroxyl groups excluding tert-OH is 1. The van der Waals surface area contributed by atoms with E-state index >= 15 is 0 Å². The van der Waals surface area contributed by atoms with Crippen LogP contribution in [-0.4, -0.2) is 15.3 Å². The van der Waals surface area contributed by atoms with E-state index in [9.17, 15) is 10.2 Å². The normalized spacial score (nSPS) is 10.6. The van der Waals surface area contributed by atoms with Crippen LogP contribution in [0, 0.1) is 0 Å². The first-order valence-electron chi connectivity index (χ1n) is 6.06. The molecule has 0 aliphatic rings. The lowest BCUT2D eigenvalue weighted by atomic mass is 10.1. The Hall–Kier alpha value is -2.28. The Bertz CT molecular complexity index is 563. The van der Waals surface area contributed by atoms with Crippen LogP contribution in [0.3, 0.4) is 0 Å². The number of hydrogen-bond donors (Lipinski definition) is 5. The number of hydrogen-bond acceptors (Lipinski definition) is 6. The average molecular weight is 275 g/mol. The van der Waals surface area contributed by atoms with Crippen molar-refractivity contribution in [2.24, 2.45) is 11.6 Å². The predicted molar refractivity (Wildman–Crippen MR) is 76.4 cm³/mol. The summed E-state index contributed by atoms with van der Waals surface area (Å²) < 4.78 is 0. The Labute approximate surface area is 116 Å². The first kappa shape index (κ1) is 14.1. The van der Waals surface area contributed by atoms with Gasteiger partial charge in [0.25, 0.3) is 0 Å². The molecule has 0 aromatic heterocycles. The summed E-state index contributed by atoms with van der Waals surface area (Å²) in [5, 5.41) is 29.7. The summed E-state index contributed by atoms with van der Waals surface area (Å²) in [6.07, 6.45) is 0. The minimum atomic E-state index is -0.281. The van der Waals surface area contributed by atoms with Crippen molar-refractivity contribution in [3.8, 4) is 11.5 Å². The van der Waals surface area contributed by atoms with Gasteiger partial charge in [-0.15, -0.1) is 0 Å². The fraction of sp³-hybridized carbons (Fsp3) is 0.143. The van der Waals surface area contributed by atoms with E-state index in [-0.39, 0.29) is 24.7 Å². The van der Waals surface area contributed by atoms with Crippen LogP contribution in [0.4, 0.5) is 11.4 Å². The molecule has 0 heterocycles. The van der Waals surface area contributed by atoms with E-state index < -0.39 is 0 Å². The molecule has 0 saturated carbocycles. The van der Waals surface area contributed by atoms with E-state index in [2.05, 4.69) is 0 Å². The number of phenolic OH excluding ortho intramolecular Hbond substituents is 1. The van der Waals surface area contributed by atoms with Crippen LogP contribution in [0.1, 0.15) is 11.1 Å². The quantitative estimate of drug-likeness (QED) is 0.421. The zero-order valence-corrected chi connectivity index (χ0v) is 10.8. The topological polar surface area (TPSA) is 116 Å². The first-order chi connectivity index (χ1) is 9.56. The van der Waals surface area contributed by atoms with E-state index in [1.807, 2.05) is 0 Å². The Kier molecular flexibility index (Phi) is 4.09. The third-order valence-corrected chi connectivity index (χ3v) is 3.07. The van der Waals surface area contributed by atoms with Crippen molar-refractivity contribution in [3.05, 3.63) is 47.5 Å². The number of benzene rings is 2. The van der Waals surface area contributed by atoms with Crippen molar-refractivity contribution in [1.82, 2.24) is 0 Å². The van der Waals surface area contributed by atoms with Crippen LogP contribution in [0.25, 0.3) is 0 Å². The molecule has 0 amide bonds. The number of nitrogens with two attached hydrogens (primary N) is 2. The lowest BCUT2D eigenvalue weighted by Gasteiger charge is -2.20. The predicted octanol–water partition coefficient (Wildman–Crippen LogP) is 1.06. The summed E-state index contributed by atoms with van der Waals surface area (Å²) in [7, 11) is 0. The van der Waals surface area contributed by atoms with E-state index in [0.29, 0.717) is 22.5 Å². The van der Waals surface area contributed by atoms with Crippen molar-refractivity contribution in [2.75, 3.05) is 5.01 Å². The Morgan fingerprint density at radius 1 is 0.900 bits per heavy atom. The van der Waals surface area contributed by atoms with Gasteiger partial charge in [-0.2, -0.15) is 0 Å². The molecule has 0 aliphatic carbocycles. The highest BCUT2D eigenvalue weighted by molar-refractivity contribution is 5.65. The summed E-state index contributed by atoms with van der Waals surface area (Å²) in [5.41, 5.74) is 7.74. The summed E-state index contributed by atoms with van der Waals surface area (Å²) in [6, 6.07) is 9.53. The molecule has 0 radical (unpaired) electrons. The maximum Gasteiger partial charge on any atom is 0.121 e. The minimum Gasteiger partial charge on any atom is -0.508 e. The SMILES string of the molecule is NCc1cc(N(N)c2ccc(O)c(CO)c2)ccc1O. The average Bonchev–Trinajstić information content (AvgIpc) is 2.47. The summed E-state index contributed by atoms with van der Waals surface area (Å²) >= 11 is 0. The third-order valence-electron chi connectivity index (χ3n) is 3.07. The number of nitrogens with zero attached hydrogens (tertiary/aromatic N) is 1. The van der Waals surface area contributed by atoms with Gasteiger partial charge in [-0.1, -0.05) is 0 Å². The highest BCUT2D eigenvalue weighted by Crippen LogP contribution is 2.29. The lowest BCUT2D eigenvalue weighted by molar-refractivity contribution is 0.275. The molecule has 0 atom stereocenters. The van der Waals surface area contributed by atoms with Gasteiger partial charge in [-0.3, -0.25) is 5.01 Å². The maximum absolute atomic E-state index is 9.60. The number of hydrazine groups is 1. The highest BCUT2D eigenvalue weighted by Gasteiger charge is 2.10. The molecule has 20 heavy (non-hydrogen) atoms. The number of anilines is 2. The van der Waals surface area contributed by atoms with Crippen molar-refractivity contribution in [2.45, 2.75) is 13.2 Å². The number of phenols is 2. The minimum absolute atomic E-state index is 0.0120. The molecule has 0 fully saturated rings. The molecule has 2 aromatic carbocycles. The second-order valence-corrected chi connectivity index (χ2v) is 4.36. The molecule has 2 aromatic rings. The molecule has 0 saturated heterocycles. The van der Waals surface area contributed by atoms with E-state index in [1.165, 1.54) is 17.1 Å². The van der Waals surface area contributed by atoms with Crippen LogP contribution in [0.15, 0.2) is 36.4 Å². The number of aromatic hydroxyl groups is 2. The molecule has 0 bridgehead atoms. The molecular weight excluding hydrogens is 258 g/mol. The van der Waals surface area contributed by atoms with Gasteiger partial charge in [-0.05, 0) is 36.4 Å². The Morgan fingerprint density at radius 2 is 1.40 bits per heavy atom. The summed E-state index contributed by atoms with van der Waals surface area (Å²) in [4.78, 5) is 0. The molecular formula is C14H17N3O3. The maximum atomic E-state index is 9.60. The molecule has 6 heteroatoms. The largest absolute Gasteiger partial charge is 0.508 e. The smallest absolute Gasteiger partial charge is 0.121 e. The molecule has 0 unspecified atom stereocenters. The molecule has 0 aliphatic heterocycles. The van der Waals surface area contributed by atoms with Crippen LogP contribution in [0.5, 0.6) is 11.5 Å². The third kappa shape index (κ3) is 2.67. The standard InChI is InChI=1S/C14H17N3O3/c15-7-9-5-11(1-3-13(9)19)17(16)12-2-4-14(20)10(6-12)8-18/h1-6,18-20H,7-8,15-16H2. The van der Waals surface area contributed by atoms with Gasteiger partial charge in [-0.25, -0.2) is 5.84 Å². The van der Waals surface area contributed by atoms with Gasteiger partial charge in [0, 0.05) is 17.7 Å². The van der Waals surface area contributed by atoms with Crippen LogP contribution < -0.4 is 16.6 Å². The van der Waals surface area contributed by atoms with Crippen molar-refractivity contribution < 1.29 is 15.3 Å². The Balaban J connectivity index is 2.38. The lowest BCUT2D eigenvalue weighted by Crippen LogP contribution is -2.25. The first-order valence-corrected chi connectivity index (χ1v) is 6.06. The van der Waals surface area contributed by atoms with Crippen molar-refractivity contribution in [3.63, 3.8) is 0 Å². The fourth-order valence-corrected chi connectivity index (χ4v) is 1.88. The second kappa shape index (κ2) is 5.79. The number of aliphatic hydroxyl groups is 1. The zero-order chi connectivity index (χ0) is 14.7.